The van der Waals surface area contributed by atoms with Crippen LogP contribution in [-0.2, 0) is 0 Å². The predicted molar refractivity (Wildman–Crippen MR) is 84.4 cm³/mol. The number of nitrogens with one attached hydrogen (secondary N) is 1. The summed E-state index contributed by atoms with van der Waals surface area (Å²) >= 11 is 5.80. The molecule has 0 fully saturated rings. The Balaban J connectivity index is 2.17. The van der Waals surface area contributed by atoms with Gasteiger partial charge >= 0.3 is 0 Å². The SMILES string of the molecule is CCCNCC(Oc1cccc(Cl)c1F)c1ccccc1. The molecule has 0 spiro atoms. The molecule has 1 unspecified atom stereocenters. The van der Waals surface area contributed by atoms with Crippen molar-refractivity contribution in [2.45, 2.75) is 19.4 Å². The van der Waals surface area contributed by atoms with E-state index in [-0.39, 0.29) is 16.9 Å². The molecule has 0 aliphatic rings. The van der Waals surface area contributed by atoms with Crippen LogP contribution >= 0.6 is 11.6 Å². The molecule has 0 saturated heterocycles. The van der Waals surface area contributed by atoms with Crippen LogP contribution in [0.25, 0.3) is 0 Å². The highest BCUT2D eigenvalue weighted by Crippen LogP contribution is 2.28. The van der Waals surface area contributed by atoms with Crippen molar-refractivity contribution in [3.63, 3.8) is 0 Å². The topological polar surface area (TPSA) is 21.3 Å². The maximum atomic E-state index is 14.0. The molecule has 21 heavy (non-hydrogen) atoms. The monoisotopic (exact) mass is 307 g/mol. The molecule has 0 aliphatic carbocycles. The normalized spacial score (nSPS) is 12.1. The molecule has 1 atom stereocenters. The minimum Gasteiger partial charge on any atom is -0.481 e. The summed E-state index contributed by atoms with van der Waals surface area (Å²) in [6.45, 7) is 3.61. The summed E-state index contributed by atoms with van der Waals surface area (Å²) < 4.78 is 19.8. The van der Waals surface area contributed by atoms with Gasteiger partial charge in [0.1, 0.15) is 6.10 Å². The first-order valence-corrected chi connectivity index (χ1v) is 7.46. The second-order valence-electron chi connectivity index (χ2n) is 4.77. The van der Waals surface area contributed by atoms with Crippen LogP contribution in [0.3, 0.4) is 0 Å². The fraction of sp³-hybridized carbons (Fsp3) is 0.294. The van der Waals surface area contributed by atoms with Crippen molar-refractivity contribution < 1.29 is 9.13 Å². The van der Waals surface area contributed by atoms with Crippen LogP contribution in [-0.4, -0.2) is 13.1 Å². The van der Waals surface area contributed by atoms with Gasteiger partial charge in [0.2, 0.25) is 0 Å². The summed E-state index contributed by atoms with van der Waals surface area (Å²) in [5, 5.41) is 3.38. The Morgan fingerprint density at radius 2 is 1.90 bits per heavy atom. The number of hydrogen-bond acceptors (Lipinski definition) is 2. The average molecular weight is 308 g/mol. The highest BCUT2D eigenvalue weighted by molar-refractivity contribution is 6.30. The zero-order valence-corrected chi connectivity index (χ0v) is 12.7. The standard InChI is InChI=1S/C17H19ClFNO/c1-2-11-20-12-16(13-7-4-3-5-8-13)21-15-10-6-9-14(18)17(15)19/h3-10,16,20H,2,11-12H2,1H3. The lowest BCUT2D eigenvalue weighted by atomic mass is 10.1. The molecule has 2 rings (SSSR count). The summed E-state index contributed by atoms with van der Waals surface area (Å²) in [5.74, 6) is -0.342. The highest BCUT2D eigenvalue weighted by atomic mass is 35.5. The van der Waals surface area contributed by atoms with Gasteiger partial charge in [-0.1, -0.05) is 54.9 Å². The van der Waals surface area contributed by atoms with Gasteiger partial charge in [-0.15, -0.1) is 0 Å². The number of rotatable bonds is 7. The fourth-order valence-electron chi connectivity index (χ4n) is 2.03. The van der Waals surface area contributed by atoms with E-state index >= 15 is 0 Å². The number of benzene rings is 2. The van der Waals surface area contributed by atoms with E-state index in [1.165, 1.54) is 6.07 Å². The van der Waals surface area contributed by atoms with Gasteiger partial charge in [0.15, 0.2) is 11.6 Å². The third-order valence-corrected chi connectivity index (χ3v) is 3.41. The van der Waals surface area contributed by atoms with E-state index < -0.39 is 5.82 Å². The first kappa shape index (κ1) is 15.8. The zero-order chi connectivity index (χ0) is 15.1. The highest BCUT2D eigenvalue weighted by Gasteiger charge is 2.16. The van der Waals surface area contributed by atoms with E-state index in [2.05, 4.69) is 12.2 Å². The van der Waals surface area contributed by atoms with Gasteiger partial charge in [0.05, 0.1) is 5.02 Å². The van der Waals surface area contributed by atoms with E-state index in [4.69, 9.17) is 16.3 Å². The number of halogens is 2. The molecular weight excluding hydrogens is 289 g/mol. The molecule has 0 bridgehead atoms. The van der Waals surface area contributed by atoms with Crippen LogP contribution in [0.5, 0.6) is 5.75 Å². The molecule has 4 heteroatoms. The van der Waals surface area contributed by atoms with E-state index in [0.29, 0.717) is 6.54 Å². The van der Waals surface area contributed by atoms with Gasteiger partial charge in [-0.2, -0.15) is 0 Å². The lowest BCUT2D eigenvalue weighted by Gasteiger charge is -2.20. The number of ether oxygens (including phenoxy) is 1. The van der Waals surface area contributed by atoms with Gasteiger partial charge < -0.3 is 10.1 Å². The first-order chi connectivity index (χ1) is 10.2. The van der Waals surface area contributed by atoms with Crippen molar-refractivity contribution in [2.24, 2.45) is 0 Å². The van der Waals surface area contributed by atoms with Crippen molar-refractivity contribution in [2.75, 3.05) is 13.1 Å². The molecule has 0 heterocycles. The average Bonchev–Trinajstić information content (AvgIpc) is 2.51. The van der Waals surface area contributed by atoms with E-state index in [1.807, 2.05) is 30.3 Å². The zero-order valence-electron chi connectivity index (χ0n) is 12.0. The minimum absolute atomic E-state index is 0.0702. The molecule has 112 valence electrons. The summed E-state index contributed by atoms with van der Waals surface area (Å²) in [6, 6.07) is 14.6. The van der Waals surface area contributed by atoms with Crippen LogP contribution in [0.2, 0.25) is 5.02 Å². The summed E-state index contributed by atoms with van der Waals surface area (Å²) in [6.07, 6.45) is 0.776. The first-order valence-electron chi connectivity index (χ1n) is 7.08. The lowest BCUT2D eigenvalue weighted by molar-refractivity contribution is 0.193. The van der Waals surface area contributed by atoms with Gasteiger partial charge in [-0.3, -0.25) is 0 Å². The third kappa shape index (κ3) is 4.45. The number of hydrogen-bond donors (Lipinski definition) is 1. The maximum Gasteiger partial charge on any atom is 0.183 e. The van der Waals surface area contributed by atoms with Crippen molar-refractivity contribution in [1.29, 1.82) is 0 Å². The van der Waals surface area contributed by atoms with Gasteiger partial charge in [0.25, 0.3) is 0 Å². The maximum absolute atomic E-state index is 14.0. The molecule has 2 aromatic rings. The van der Waals surface area contributed by atoms with Crippen molar-refractivity contribution in [3.05, 3.63) is 64.9 Å². The van der Waals surface area contributed by atoms with Gasteiger partial charge in [0, 0.05) is 6.54 Å². The molecule has 0 radical (unpaired) electrons. The molecule has 1 N–H and O–H groups in total. The van der Waals surface area contributed by atoms with Crippen molar-refractivity contribution in [1.82, 2.24) is 5.32 Å². The van der Waals surface area contributed by atoms with Crippen LogP contribution < -0.4 is 10.1 Å². The smallest absolute Gasteiger partial charge is 0.183 e. The molecule has 2 aromatic carbocycles. The van der Waals surface area contributed by atoms with Crippen molar-refractivity contribution in [3.8, 4) is 5.75 Å². The van der Waals surface area contributed by atoms with E-state index in [0.717, 1.165) is 18.5 Å². The third-order valence-electron chi connectivity index (χ3n) is 3.11. The second-order valence-corrected chi connectivity index (χ2v) is 5.18. The molecule has 0 aromatic heterocycles. The fourth-order valence-corrected chi connectivity index (χ4v) is 2.20. The quantitative estimate of drug-likeness (QED) is 0.755. The molecule has 0 amide bonds. The molecule has 2 nitrogen and oxygen atoms in total. The molecule has 0 aliphatic heterocycles. The van der Waals surface area contributed by atoms with Crippen LogP contribution in [0.4, 0.5) is 4.39 Å². The Labute approximate surface area is 129 Å². The summed E-state index contributed by atoms with van der Waals surface area (Å²) in [5.41, 5.74) is 1.00. The van der Waals surface area contributed by atoms with E-state index in [9.17, 15) is 4.39 Å². The largest absolute Gasteiger partial charge is 0.481 e. The molecule has 0 saturated carbocycles. The van der Waals surface area contributed by atoms with Gasteiger partial charge in [-0.25, -0.2) is 4.39 Å². The Bertz CT molecular complexity index is 562. The van der Waals surface area contributed by atoms with Crippen molar-refractivity contribution >= 4 is 11.6 Å². The summed E-state index contributed by atoms with van der Waals surface area (Å²) in [4.78, 5) is 0. The van der Waals surface area contributed by atoms with Gasteiger partial charge in [-0.05, 0) is 30.7 Å². The summed E-state index contributed by atoms with van der Waals surface area (Å²) in [7, 11) is 0. The lowest BCUT2D eigenvalue weighted by Crippen LogP contribution is -2.26. The Hall–Kier alpha value is -1.58. The minimum atomic E-state index is -0.518. The van der Waals surface area contributed by atoms with E-state index in [1.54, 1.807) is 12.1 Å². The Kier molecular flexibility index (Phi) is 6.03. The Morgan fingerprint density at radius 3 is 2.62 bits per heavy atom. The van der Waals surface area contributed by atoms with Crippen LogP contribution in [0.1, 0.15) is 25.0 Å². The Morgan fingerprint density at radius 1 is 1.14 bits per heavy atom. The van der Waals surface area contributed by atoms with Crippen LogP contribution in [0.15, 0.2) is 48.5 Å². The van der Waals surface area contributed by atoms with Crippen LogP contribution in [0, 0.1) is 5.82 Å². The predicted octanol–water partition coefficient (Wildman–Crippen LogP) is 4.60. The molecular formula is C17H19ClFNO. The second kappa shape index (κ2) is 8.01.